The third-order valence-corrected chi connectivity index (χ3v) is 3.87. The minimum Gasteiger partial charge on any atom is -0.292 e. The second-order valence-electron chi connectivity index (χ2n) is 5.05. The predicted octanol–water partition coefficient (Wildman–Crippen LogP) is 2.85. The van der Waals surface area contributed by atoms with Gasteiger partial charge in [0.1, 0.15) is 0 Å². The molecule has 0 radical (unpaired) electrons. The van der Waals surface area contributed by atoms with Gasteiger partial charge in [-0.2, -0.15) is 0 Å². The maximum Gasteiger partial charge on any atom is 0.261 e. The molecule has 2 heterocycles. The molecule has 0 N–H and O–H groups in total. The Hall–Kier alpha value is -1.97. The zero-order valence-corrected chi connectivity index (χ0v) is 11.0. The van der Waals surface area contributed by atoms with Gasteiger partial charge in [0.2, 0.25) is 0 Å². The first-order chi connectivity index (χ1) is 9.27. The first-order valence-corrected chi connectivity index (χ1v) is 6.77. The van der Waals surface area contributed by atoms with E-state index in [1.54, 1.807) is 29.4 Å². The lowest BCUT2D eigenvalue weighted by atomic mass is 9.94. The molecule has 4 nitrogen and oxygen atoms in total. The average Bonchev–Trinajstić information content (AvgIpc) is 2.48. The quantitative estimate of drug-likeness (QED) is 0.775. The van der Waals surface area contributed by atoms with Crippen LogP contribution >= 0.6 is 0 Å². The lowest BCUT2D eigenvalue weighted by Crippen LogP contribution is -2.25. The molecule has 1 aliphatic carbocycles. The Morgan fingerprint density at radius 1 is 1.37 bits per heavy atom. The summed E-state index contributed by atoms with van der Waals surface area (Å²) in [7, 11) is 0. The van der Waals surface area contributed by atoms with Gasteiger partial charge < -0.3 is 0 Å². The smallest absolute Gasteiger partial charge is 0.261 e. The predicted molar refractivity (Wildman–Crippen MR) is 75.1 cm³/mol. The molecule has 0 saturated heterocycles. The molecule has 2 aromatic heterocycles. The van der Waals surface area contributed by atoms with Gasteiger partial charge in [0.05, 0.1) is 29.5 Å². The van der Waals surface area contributed by atoms with Gasteiger partial charge in [0.25, 0.3) is 5.56 Å². The highest BCUT2D eigenvalue weighted by Gasteiger charge is 2.15. The molecule has 0 spiro atoms. The fourth-order valence-electron chi connectivity index (χ4n) is 2.68. The molecule has 0 fully saturated rings. The highest BCUT2D eigenvalue weighted by Crippen LogP contribution is 2.26. The van der Waals surface area contributed by atoms with Gasteiger partial charge in [-0.15, -0.1) is 0 Å². The SMILES string of the molecule is CC(C1=CCCCC1)n1cnc2cnccc2c1=O. The summed E-state index contributed by atoms with van der Waals surface area (Å²) >= 11 is 0. The van der Waals surface area contributed by atoms with Crippen molar-refractivity contribution in [2.75, 3.05) is 0 Å². The van der Waals surface area contributed by atoms with Gasteiger partial charge in [-0.25, -0.2) is 4.98 Å². The van der Waals surface area contributed by atoms with Gasteiger partial charge in [-0.1, -0.05) is 11.6 Å². The standard InChI is InChI=1S/C15H17N3O/c1-11(12-5-3-2-4-6-12)18-10-17-14-9-16-8-7-13(14)15(18)19/h5,7-11H,2-4,6H2,1H3. The molecule has 98 valence electrons. The van der Waals surface area contributed by atoms with Crippen LogP contribution in [0.15, 0.2) is 41.2 Å². The number of allylic oxidation sites excluding steroid dienone is 2. The summed E-state index contributed by atoms with van der Waals surface area (Å²) in [6.07, 6.45) is 11.9. The van der Waals surface area contributed by atoms with Crippen molar-refractivity contribution in [2.45, 2.75) is 38.6 Å². The van der Waals surface area contributed by atoms with Gasteiger partial charge in [-0.3, -0.25) is 14.3 Å². The van der Waals surface area contributed by atoms with E-state index in [1.807, 2.05) is 0 Å². The summed E-state index contributed by atoms with van der Waals surface area (Å²) < 4.78 is 1.74. The number of fused-ring (bicyclic) bond motifs is 1. The van der Waals surface area contributed by atoms with E-state index < -0.39 is 0 Å². The Bertz CT molecular complexity index is 687. The summed E-state index contributed by atoms with van der Waals surface area (Å²) in [5, 5.41) is 0.640. The zero-order chi connectivity index (χ0) is 13.2. The normalized spacial score (nSPS) is 17.2. The van der Waals surface area contributed by atoms with Crippen LogP contribution in [-0.2, 0) is 0 Å². The van der Waals surface area contributed by atoms with Crippen LogP contribution in [-0.4, -0.2) is 14.5 Å². The van der Waals surface area contributed by atoms with Crippen molar-refractivity contribution in [1.29, 1.82) is 0 Å². The fourth-order valence-corrected chi connectivity index (χ4v) is 2.68. The summed E-state index contributed by atoms with van der Waals surface area (Å²) in [4.78, 5) is 20.8. The molecule has 1 atom stereocenters. The van der Waals surface area contributed by atoms with E-state index in [2.05, 4.69) is 23.0 Å². The third-order valence-electron chi connectivity index (χ3n) is 3.87. The Labute approximate surface area is 111 Å². The summed E-state index contributed by atoms with van der Waals surface area (Å²) in [6, 6.07) is 1.83. The molecule has 0 bridgehead atoms. The molecule has 0 aromatic carbocycles. The molecule has 4 heteroatoms. The molecular weight excluding hydrogens is 238 g/mol. The Morgan fingerprint density at radius 3 is 3.05 bits per heavy atom. The highest BCUT2D eigenvalue weighted by molar-refractivity contribution is 5.75. The van der Waals surface area contributed by atoms with Crippen LogP contribution in [0.2, 0.25) is 0 Å². The number of hydrogen-bond donors (Lipinski definition) is 0. The van der Waals surface area contributed by atoms with Crippen LogP contribution in [0.4, 0.5) is 0 Å². The van der Waals surface area contributed by atoms with E-state index in [1.165, 1.54) is 18.4 Å². The lowest BCUT2D eigenvalue weighted by Gasteiger charge is -2.21. The first-order valence-electron chi connectivity index (χ1n) is 6.77. The van der Waals surface area contributed by atoms with Crippen molar-refractivity contribution in [3.63, 3.8) is 0 Å². The molecule has 0 amide bonds. The Morgan fingerprint density at radius 2 is 2.26 bits per heavy atom. The largest absolute Gasteiger partial charge is 0.292 e. The molecule has 1 aliphatic rings. The van der Waals surface area contributed by atoms with Crippen molar-refractivity contribution >= 4 is 10.9 Å². The third kappa shape index (κ3) is 2.18. The number of hydrogen-bond acceptors (Lipinski definition) is 3. The average molecular weight is 255 g/mol. The van der Waals surface area contributed by atoms with Crippen molar-refractivity contribution < 1.29 is 0 Å². The van der Waals surface area contributed by atoms with Crippen LogP contribution < -0.4 is 5.56 Å². The topological polar surface area (TPSA) is 47.8 Å². The number of rotatable bonds is 2. The summed E-state index contributed by atoms with van der Waals surface area (Å²) in [6.45, 7) is 2.08. The van der Waals surface area contributed by atoms with Gasteiger partial charge in [0.15, 0.2) is 0 Å². The van der Waals surface area contributed by atoms with Crippen LogP contribution in [0.5, 0.6) is 0 Å². The minimum atomic E-state index is 0.0198. The van der Waals surface area contributed by atoms with Crippen molar-refractivity contribution in [2.24, 2.45) is 0 Å². The zero-order valence-electron chi connectivity index (χ0n) is 11.0. The van der Waals surface area contributed by atoms with E-state index in [9.17, 15) is 4.79 Å². The Kier molecular flexibility index (Phi) is 3.15. The molecule has 0 aliphatic heterocycles. The van der Waals surface area contributed by atoms with Gasteiger partial charge in [0, 0.05) is 6.20 Å². The van der Waals surface area contributed by atoms with Crippen LogP contribution in [0.25, 0.3) is 10.9 Å². The molecule has 1 unspecified atom stereocenters. The number of aromatic nitrogens is 3. The maximum atomic E-state index is 12.5. The van der Waals surface area contributed by atoms with Crippen LogP contribution in [0, 0.1) is 0 Å². The Balaban J connectivity index is 2.08. The van der Waals surface area contributed by atoms with Gasteiger partial charge in [-0.05, 0) is 38.7 Å². The monoisotopic (exact) mass is 255 g/mol. The second-order valence-corrected chi connectivity index (χ2v) is 5.05. The second kappa shape index (κ2) is 4.96. The summed E-state index contributed by atoms with van der Waals surface area (Å²) in [5.74, 6) is 0. The van der Waals surface area contributed by atoms with Crippen molar-refractivity contribution in [3.8, 4) is 0 Å². The molecule has 2 aromatic rings. The fraction of sp³-hybridized carbons (Fsp3) is 0.400. The van der Waals surface area contributed by atoms with Crippen molar-refractivity contribution in [3.05, 3.63) is 46.8 Å². The van der Waals surface area contributed by atoms with E-state index in [0.29, 0.717) is 10.9 Å². The minimum absolute atomic E-state index is 0.0198. The molecule has 19 heavy (non-hydrogen) atoms. The van der Waals surface area contributed by atoms with E-state index in [-0.39, 0.29) is 11.6 Å². The van der Waals surface area contributed by atoms with Gasteiger partial charge >= 0.3 is 0 Å². The molecule has 3 rings (SSSR count). The van der Waals surface area contributed by atoms with Crippen LogP contribution in [0.1, 0.15) is 38.6 Å². The first kappa shape index (κ1) is 12.1. The summed E-state index contributed by atoms with van der Waals surface area (Å²) in [5.41, 5.74) is 2.03. The molecule has 0 saturated carbocycles. The highest BCUT2D eigenvalue weighted by atomic mass is 16.1. The van der Waals surface area contributed by atoms with E-state index in [4.69, 9.17) is 0 Å². The maximum absolute atomic E-state index is 12.5. The number of nitrogens with zero attached hydrogens (tertiary/aromatic N) is 3. The van der Waals surface area contributed by atoms with E-state index in [0.717, 1.165) is 12.8 Å². The molecular formula is C15H17N3O. The van der Waals surface area contributed by atoms with Crippen molar-refractivity contribution in [1.82, 2.24) is 14.5 Å². The van der Waals surface area contributed by atoms with E-state index >= 15 is 0 Å². The number of pyridine rings is 1. The lowest BCUT2D eigenvalue weighted by molar-refractivity contribution is 0.544. The van der Waals surface area contributed by atoms with Crippen LogP contribution in [0.3, 0.4) is 0 Å².